The van der Waals surface area contributed by atoms with E-state index in [2.05, 4.69) is 25.6 Å². The molecule has 0 unspecified atom stereocenters. The van der Waals surface area contributed by atoms with Gasteiger partial charge in [0.1, 0.15) is 0 Å². The second-order valence-corrected chi connectivity index (χ2v) is 6.34. The Morgan fingerprint density at radius 3 is 2.29 bits per heavy atom. The van der Waals surface area contributed by atoms with Gasteiger partial charge in [0.05, 0.1) is 20.3 Å². The lowest BCUT2D eigenvalue weighted by molar-refractivity contribution is 0.0775. The molecule has 1 aliphatic carbocycles. The lowest BCUT2D eigenvalue weighted by atomic mass is 9.66. The van der Waals surface area contributed by atoms with Gasteiger partial charge in [-0.25, -0.2) is 0 Å². The smallest absolute Gasteiger partial charge is 0.161 e. The van der Waals surface area contributed by atoms with Crippen molar-refractivity contribution in [1.82, 2.24) is 0 Å². The van der Waals surface area contributed by atoms with Crippen LogP contribution >= 0.6 is 0 Å². The molecular formula is C21H24O3. The summed E-state index contributed by atoms with van der Waals surface area (Å²) in [5.74, 6) is 1.81. The van der Waals surface area contributed by atoms with Crippen LogP contribution in [0.4, 0.5) is 0 Å². The van der Waals surface area contributed by atoms with Crippen molar-refractivity contribution in [3.8, 4) is 11.5 Å². The van der Waals surface area contributed by atoms with Gasteiger partial charge in [-0.3, -0.25) is 0 Å². The maximum Gasteiger partial charge on any atom is 0.161 e. The van der Waals surface area contributed by atoms with Crippen LogP contribution in [0, 0.1) is 11.8 Å². The molecule has 0 amide bonds. The van der Waals surface area contributed by atoms with E-state index in [9.17, 15) is 5.11 Å². The molecule has 0 saturated carbocycles. The van der Waals surface area contributed by atoms with Crippen LogP contribution in [0.15, 0.2) is 55.1 Å². The molecule has 0 aromatic heterocycles. The first-order valence-electron chi connectivity index (χ1n) is 8.23. The number of hydrogen-bond donors (Lipinski definition) is 1. The van der Waals surface area contributed by atoms with Gasteiger partial charge in [-0.15, -0.1) is 6.58 Å². The van der Waals surface area contributed by atoms with Crippen molar-refractivity contribution in [2.24, 2.45) is 11.8 Å². The lowest BCUT2D eigenvalue weighted by Crippen LogP contribution is -2.31. The fourth-order valence-corrected chi connectivity index (χ4v) is 3.87. The molecule has 4 atom stereocenters. The third kappa shape index (κ3) is 2.59. The summed E-state index contributed by atoms with van der Waals surface area (Å²) in [6.45, 7) is 6.11. The quantitative estimate of drug-likeness (QED) is 0.851. The zero-order valence-corrected chi connectivity index (χ0v) is 14.4. The zero-order chi connectivity index (χ0) is 17.3. The highest BCUT2D eigenvalue weighted by molar-refractivity contribution is 5.49. The number of allylic oxidation sites excluding steroid dienone is 1. The molecule has 2 aromatic rings. The fraction of sp³-hybridized carbons (Fsp3) is 0.333. The molecule has 0 fully saturated rings. The molecule has 2 aromatic carbocycles. The summed E-state index contributed by atoms with van der Waals surface area (Å²) in [5.41, 5.74) is 3.30. The highest BCUT2D eigenvalue weighted by Gasteiger charge is 2.39. The molecule has 3 heteroatoms. The van der Waals surface area contributed by atoms with Crippen LogP contribution in [0.5, 0.6) is 11.5 Å². The topological polar surface area (TPSA) is 38.7 Å². The predicted molar refractivity (Wildman–Crippen MR) is 95.6 cm³/mol. The van der Waals surface area contributed by atoms with E-state index < -0.39 is 6.10 Å². The Labute approximate surface area is 143 Å². The summed E-state index contributed by atoms with van der Waals surface area (Å²) in [6.07, 6.45) is 1.49. The Kier molecular flexibility index (Phi) is 4.63. The van der Waals surface area contributed by atoms with Crippen molar-refractivity contribution in [3.05, 3.63) is 71.8 Å². The van der Waals surface area contributed by atoms with Crippen LogP contribution in [0.1, 0.15) is 35.6 Å². The van der Waals surface area contributed by atoms with Crippen LogP contribution in [-0.4, -0.2) is 19.3 Å². The third-order valence-electron chi connectivity index (χ3n) is 5.18. The fourth-order valence-electron chi connectivity index (χ4n) is 3.87. The van der Waals surface area contributed by atoms with Gasteiger partial charge in [-0.1, -0.05) is 43.3 Å². The number of hydrogen-bond acceptors (Lipinski definition) is 3. The minimum absolute atomic E-state index is 0.0931. The maximum absolute atomic E-state index is 10.7. The first-order chi connectivity index (χ1) is 11.6. The summed E-state index contributed by atoms with van der Waals surface area (Å²) < 4.78 is 10.8. The zero-order valence-electron chi connectivity index (χ0n) is 14.4. The summed E-state index contributed by atoms with van der Waals surface area (Å²) in [7, 11) is 3.28. The van der Waals surface area contributed by atoms with Crippen LogP contribution < -0.4 is 9.47 Å². The number of methoxy groups -OCH3 is 2. The molecule has 3 rings (SSSR count). The van der Waals surface area contributed by atoms with Crippen LogP contribution in [0.25, 0.3) is 0 Å². The number of fused-ring (bicyclic) bond motifs is 1. The second kappa shape index (κ2) is 6.70. The Balaban J connectivity index is 2.17. The first-order valence-corrected chi connectivity index (χ1v) is 8.23. The highest BCUT2D eigenvalue weighted by Crippen LogP contribution is 2.49. The molecule has 3 nitrogen and oxygen atoms in total. The van der Waals surface area contributed by atoms with Gasteiger partial charge < -0.3 is 14.6 Å². The average Bonchev–Trinajstić information content (AvgIpc) is 2.63. The molecule has 0 spiro atoms. The van der Waals surface area contributed by atoms with E-state index >= 15 is 0 Å². The molecule has 0 saturated heterocycles. The Hall–Kier alpha value is -2.26. The normalized spacial score (nSPS) is 25.7. The number of benzene rings is 2. The average molecular weight is 324 g/mol. The minimum Gasteiger partial charge on any atom is -0.493 e. The largest absolute Gasteiger partial charge is 0.493 e. The van der Waals surface area contributed by atoms with Crippen molar-refractivity contribution >= 4 is 0 Å². The van der Waals surface area contributed by atoms with Crippen molar-refractivity contribution in [1.29, 1.82) is 0 Å². The predicted octanol–water partition coefficient (Wildman–Crippen LogP) is 4.32. The van der Waals surface area contributed by atoms with Crippen LogP contribution in [0.2, 0.25) is 0 Å². The Morgan fingerprint density at radius 1 is 1.00 bits per heavy atom. The molecule has 0 radical (unpaired) electrons. The number of aliphatic hydroxyl groups excluding tert-OH is 1. The first kappa shape index (κ1) is 16.6. The van der Waals surface area contributed by atoms with Crippen molar-refractivity contribution in [2.75, 3.05) is 14.2 Å². The van der Waals surface area contributed by atoms with E-state index in [4.69, 9.17) is 9.47 Å². The van der Waals surface area contributed by atoms with E-state index in [1.54, 1.807) is 14.2 Å². The van der Waals surface area contributed by atoms with Crippen LogP contribution in [-0.2, 0) is 0 Å². The van der Waals surface area contributed by atoms with Crippen LogP contribution in [0.3, 0.4) is 0 Å². The number of rotatable bonds is 4. The van der Waals surface area contributed by atoms with Crippen molar-refractivity contribution in [2.45, 2.75) is 18.9 Å². The van der Waals surface area contributed by atoms with Crippen molar-refractivity contribution in [3.63, 3.8) is 0 Å². The summed E-state index contributed by atoms with van der Waals surface area (Å²) >= 11 is 0. The number of aliphatic hydroxyl groups is 1. The molecule has 1 aliphatic rings. The van der Waals surface area contributed by atoms with Crippen molar-refractivity contribution < 1.29 is 14.6 Å². The monoisotopic (exact) mass is 324 g/mol. The van der Waals surface area contributed by atoms with Gasteiger partial charge in [0, 0.05) is 5.92 Å². The lowest BCUT2D eigenvalue weighted by Gasteiger charge is -2.40. The third-order valence-corrected chi connectivity index (χ3v) is 5.18. The highest BCUT2D eigenvalue weighted by atomic mass is 16.5. The van der Waals surface area contributed by atoms with E-state index in [1.165, 1.54) is 0 Å². The summed E-state index contributed by atoms with van der Waals surface area (Å²) in [4.78, 5) is 0. The molecule has 0 bridgehead atoms. The molecule has 24 heavy (non-hydrogen) atoms. The minimum atomic E-state index is -0.472. The second-order valence-electron chi connectivity index (χ2n) is 6.34. The number of ether oxygens (including phenoxy) is 2. The van der Waals surface area contributed by atoms with Gasteiger partial charge in [0.25, 0.3) is 0 Å². The van der Waals surface area contributed by atoms with Gasteiger partial charge >= 0.3 is 0 Å². The SMILES string of the molecule is C=C[C@H]1[C@H](c2ccc(OC)c(OC)c2)c2ccccc2[C@@H](O)[C@H]1C. The standard InChI is InChI=1S/C21H24O3/c1-5-15-13(2)21(22)17-9-7-6-8-16(17)20(15)14-10-11-18(23-3)19(12-14)24-4/h5-13,15,20-22H,1H2,2-4H3/t13-,15+,20-,21-/m0/s1. The van der Waals surface area contributed by atoms with E-state index in [-0.39, 0.29) is 17.8 Å². The Morgan fingerprint density at radius 2 is 1.67 bits per heavy atom. The van der Waals surface area contributed by atoms with Gasteiger partial charge in [0.2, 0.25) is 0 Å². The van der Waals surface area contributed by atoms with E-state index in [1.807, 2.05) is 36.4 Å². The molecule has 0 aliphatic heterocycles. The molecule has 0 heterocycles. The van der Waals surface area contributed by atoms with E-state index in [0.717, 1.165) is 16.7 Å². The van der Waals surface area contributed by atoms with Gasteiger partial charge in [0.15, 0.2) is 11.5 Å². The van der Waals surface area contributed by atoms with E-state index in [0.29, 0.717) is 11.5 Å². The summed E-state index contributed by atoms with van der Waals surface area (Å²) in [5, 5.41) is 10.7. The molecular weight excluding hydrogens is 300 g/mol. The van der Waals surface area contributed by atoms with Gasteiger partial charge in [-0.05, 0) is 40.7 Å². The maximum atomic E-state index is 10.7. The summed E-state index contributed by atoms with van der Waals surface area (Å²) in [6, 6.07) is 14.2. The Bertz CT molecular complexity index is 738. The molecule has 1 N–H and O–H groups in total. The molecule has 126 valence electrons. The van der Waals surface area contributed by atoms with Gasteiger partial charge in [-0.2, -0.15) is 0 Å².